The summed E-state index contributed by atoms with van der Waals surface area (Å²) >= 11 is 0. The lowest BCUT2D eigenvalue weighted by molar-refractivity contribution is -0.0952. The molecular weight excluding hydrogens is 228 g/mol. The van der Waals surface area contributed by atoms with Crippen LogP contribution in [0.15, 0.2) is 0 Å². The third-order valence-electron chi connectivity index (χ3n) is 4.39. The van der Waals surface area contributed by atoms with Gasteiger partial charge >= 0.3 is 0 Å². The Hall–Kier alpha value is -0.120. The fourth-order valence-electron chi connectivity index (χ4n) is 3.63. The zero-order chi connectivity index (χ0) is 13.4. The van der Waals surface area contributed by atoms with Crippen molar-refractivity contribution in [3.63, 3.8) is 0 Å². The van der Waals surface area contributed by atoms with Gasteiger partial charge in [0.15, 0.2) is 0 Å². The number of aliphatic hydroxyl groups excluding tert-OH is 1. The highest BCUT2D eigenvalue weighted by atomic mass is 16.5. The Morgan fingerprint density at radius 1 is 1.22 bits per heavy atom. The van der Waals surface area contributed by atoms with Gasteiger partial charge in [-0.25, -0.2) is 0 Å². The molecule has 106 valence electrons. The summed E-state index contributed by atoms with van der Waals surface area (Å²) in [6.45, 7) is 9.26. The zero-order valence-electron chi connectivity index (χ0n) is 12.2. The van der Waals surface area contributed by atoms with Gasteiger partial charge in [0.05, 0.1) is 23.4 Å². The summed E-state index contributed by atoms with van der Waals surface area (Å²) < 4.78 is 11.8. The zero-order valence-corrected chi connectivity index (χ0v) is 12.2. The van der Waals surface area contributed by atoms with Gasteiger partial charge in [-0.15, -0.1) is 0 Å². The molecule has 0 aromatic heterocycles. The standard InChI is InChI=1S/C15H28O3/c1-14(2)10-12(15(3,4)18-14)13(16)9-11-7-5-6-8-17-11/h11-13,16H,5-10H2,1-4H3. The number of rotatable bonds is 3. The van der Waals surface area contributed by atoms with Crippen LogP contribution in [0.1, 0.15) is 59.8 Å². The molecule has 2 aliphatic rings. The molecule has 2 heterocycles. The summed E-state index contributed by atoms with van der Waals surface area (Å²) in [7, 11) is 0. The van der Waals surface area contributed by atoms with E-state index in [0.29, 0.717) is 0 Å². The fourth-order valence-corrected chi connectivity index (χ4v) is 3.63. The molecule has 3 heteroatoms. The average Bonchev–Trinajstić information content (AvgIpc) is 2.48. The molecule has 3 nitrogen and oxygen atoms in total. The van der Waals surface area contributed by atoms with Crippen LogP contribution >= 0.6 is 0 Å². The molecule has 2 fully saturated rings. The summed E-state index contributed by atoms with van der Waals surface area (Å²) in [4.78, 5) is 0. The summed E-state index contributed by atoms with van der Waals surface area (Å²) in [6, 6.07) is 0. The van der Waals surface area contributed by atoms with E-state index in [1.807, 2.05) is 0 Å². The van der Waals surface area contributed by atoms with E-state index in [0.717, 1.165) is 32.3 Å². The highest BCUT2D eigenvalue weighted by Gasteiger charge is 2.49. The lowest BCUT2D eigenvalue weighted by Crippen LogP contribution is -2.38. The van der Waals surface area contributed by atoms with Crippen molar-refractivity contribution in [2.24, 2.45) is 5.92 Å². The predicted octanol–water partition coefficient (Wildman–Crippen LogP) is 2.90. The molecule has 0 saturated carbocycles. The van der Waals surface area contributed by atoms with Crippen molar-refractivity contribution < 1.29 is 14.6 Å². The Bertz CT molecular complexity index is 279. The highest BCUT2D eigenvalue weighted by Crippen LogP contribution is 2.44. The van der Waals surface area contributed by atoms with Gasteiger partial charge in [0, 0.05) is 12.5 Å². The third kappa shape index (κ3) is 3.25. The van der Waals surface area contributed by atoms with E-state index >= 15 is 0 Å². The lowest BCUT2D eigenvalue weighted by Gasteiger charge is -2.33. The minimum atomic E-state index is -0.315. The number of hydrogen-bond donors (Lipinski definition) is 1. The van der Waals surface area contributed by atoms with Gasteiger partial charge in [0.2, 0.25) is 0 Å². The summed E-state index contributed by atoms with van der Waals surface area (Å²) in [5.41, 5.74) is -0.361. The molecule has 0 spiro atoms. The molecule has 0 bridgehead atoms. The summed E-state index contributed by atoms with van der Waals surface area (Å²) in [5.74, 6) is 0.207. The fraction of sp³-hybridized carbons (Fsp3) is 1.00. The Kier molecular flexibility index (Phi) is 4.05. The van der Waals surface area contributed by atoms with Gasteiger partial charge in [-0.1, -0.05) is 0 Å². The van der Waals surface area contributed by atoms with E-state index in [-0.39, 0.29) is 29.3 Å². The first-order valence-electron chi connectivity index (χ1n) is 7.30. The van der Waals surface area contributed by atoms with Gasteiger partial charge in [-0.2, -0.15) is 0 Å². The number of hydrogen-bond acceptors (Lipinski definition) is 3. The summed E-state index contributed by atoms with van der Waals surface area (Å²) in [5, 5.41) is 10.5. The molecule has 0 aliphatic carbocycles. The topological polar surface area (TPSA) is 38.7 Å². The van der Waals surface area contributed by atoms with Gasteiger partial charge in [0.25, 0.3) is 0 Å². The lowest BCUT2D eigenvalue weighted by atomic mass is 9.80. The first kappa shape index (κ1) is 14.3. The van der Waals surface area contributed by atoms with Crippen molar-refractivity contribution in [2.45, 2.75) is 83.2 Å². The van der Waals surface area contributed by atoms with Gasteiger partial charge in [0.1, 0.15) is 0 Å². The van der Waals surface area contributed by atoms with Gasteiger partial charge in [-0.05, 0) is 59.8 Å². The maximum Gasteiger partial charge on any atom is 0.0687 e. The summed E-state index contributed by atoms with van der Waals surface area (Å²) in [6.07, 6.45) is 5.10. The minimum Gasteiger partial charge on any atom is -0.393 e. The van der Waals surface area contributed by atoms with Crippen molar-refractivity contribution in [1.29, 1.82) is 0 Å². The average molecular weight is 256 g/mol. The second-order valence-corrected chi connectivity index (χ2v) is 7.07. The Labute approximate surface area is 111 Å². The molecule has 0 aromatic rings. The van der Waals surface area contributed by atoms with Crippen LogP contribution in [0.3, 0.4) is 0 Å². The molecule has 2 rings (SSSR count). The largest absolute Gasteiger partial charge is 0.393 e. The smallest absolute Gasteiger partial charge is 0.0687 e. The molecule has 2 aliphatic heterocycles. The second-order valence-electron chi connectivity index (χ2n) is 7.07. The molecular formula is C15H28O3. The third-order valence-corrected chi connectivity index (χ3v) is 4.39. The van der Waals surface area contributed by atoms with Crippen LogP contribution < -0.4 is 0 Å². The highest BCUT2D eigenvalue weighted by molar-refractivity contribution is 4.97. The van der Waals surface area contributed by atoms with Gasteiger partial charge in [-0.3, -0.25) is 0 Å². The van der Waals surface area contributed by atoms with E-state index in [9.17, 15) is 5.11 Å². The second kappa shape index (κ2) is 5.10. The van der Waals surface area contributed by atoms with E-state index in [1.54, 1.807) is 0 Å². The molecule has 3 unspecified atom stereocenters. The van der Waals surface area contributed by atoms with E-state index in [4.69, 9.17) is 9.47 Å². The Morgan fingerprint density at radius 3 is 2.44 bits per heavy atom. The van der Waals surface area contributed by atoms with Crippen LogP contribution in [0.25, 0.3) is 0 Å². The van der Waals surface area contributed by atoms with Gasteiger partial charge < -0.3 is 14.6 Å². The van der Waals surface area contributed by atoms with Crippen LogP contribution in [0, 0.1) is 5.92 Å². The van der Waals surface area contributed by atoms with Crippen molar-refractivity contribution in [1.82, 2.24) is 0 Å². The van der Waals surface area contributed by atoms with Crippen molar-refractivity contribution in [3.05, 3.63) is 0 Å². The molecule has 0 aromatic carbocycles. The normalized spacial score (nSPS) is 36.5. The molecule has 0 radical (unpaired) electrons. The van der Waals surface area contributed by atoms with Crippen LogP contribution in [0.4, 0.5) is 0 Å². The van der Waals surface area contributed by atoms with Crippen molar-refractivity contribution >= 4 is 0 Å². The van der Waals surface area contributed by atoms with E-state index in [2.05, 4.69) is 27.7 Å². The number of aliphatic hydroxyl groups is 1. The maximum absolute atomic E-state index is 10.5. The molecule has 3 atom stereocenters. The Morgan fingerprint density at radius 2 is 1.94 bits per heavy atom. The minimum absolute atomic E-state index is 0.122. The Balaban J connectivity index is 1.93. The van der Waals surface area contributed by atoms with Crippen molar-refractivity contribution in [3.8, 4) is 0 Å². The monoisotopic (exact) mass is 256 g/mol. The molecule has 1 N–H and O–H groups in total. The quantitative estimate of drug-likeness (QED) is 0.844. The first-order chi connectivity index (χ1) is 8.30. The molecule has 18 heavy (non-hydrogen) atoms. The van der Waals surface area contributed by atoms with Crippen LogP contribution in [0.2, 0.25) is 0 Å². The number of ether oxygens (including phenoxy) is 2. The van der Waals surface area contributed by atoms with Crippen LogP contribution in [0.5, 0.6) is 0 Å². The van der Waals surface area contributed by atoms with Crippen molar-refractivity contribution in [2.75, 3.05) is 6.61 Å². The van der Waals surface area contributed by atoms with Crippen LogP contribution in [-0.4, -0.2) is 35.1 Å². The SMILES string of the molecule is CC1(C)CC(C(O)CC2CCCCO2)C(C)(C)O1. The maximum atomic E-state index is 10.5. The van der Waals surface area contributed by atoms with E-state index < -0.39 is 0 Å². The molecule has 0 amide bonds. The molecule has 2 saturated heterocycles. The van der Waals surface area contributed by atoms with Crippen LogP contribution in [-0.2, 0) is 9.47 Å². The predicted molar refractivity (Wildman–Crippen MR) is 71.6 cm³/mol. The van der Waals surface area contributed by atoms with E-state index in [1.165, 1.54) is 6.42 Å². The first-order valence-corrected chi connectivity index (χ1v) is 7.30.